The minimum Gasteiger partial charge on any atom is -0.385 e. The van der Waals surface area contributed by atoms with Crippen molar-refractivity contribution in [2.24, 2.45) is 0 Å². The third-order valence-corrected chi connectivity index (χ3v) is 4.60. The van der Waals surface area contributed by atoms with E-state index in [1.54, 1.807) is 12.1 Å². The third kappa shape index (κ3) is 6.15. The molecule has 1 N–H and O–H groups in total. The summed E-state index contributed by atoms with van der Waals surface area (Å²) in [6.45, 7) is 0.614. The molecule has 0 heterocycles. The van der Waals surface area contributed by atoms with Gasteiger partial charge in [-0.25, -0.2) is 8.42 Å². The first-order valence-corrected chi connectivity index (χ1v) is 8.03. The molecule has 1 rings (SSSR count). The zero-order chi connectivity index (χ0) is 12.7. The van der Waals surface area contributed by atoms with Gasteiger partial charge in [-0.2, -0.15) is 0 Å². The molecule has 0 atom stereocenters. The Kier molecular flexibility index (Phi) is 6.09. The second-order valence-corrected chi connectivity index (χ2v) is 6.75. The maximum absolute atomic E-state index is 11.4. The number of hydrogen-bond acceptors (Lipinski definition) is 3. The SMILES string of the molecule is O=S(=O)(CCCl)CCCNc1ccc(Cl)cc1. The van der Waals surface area contributed by atoms with Crippen molar-refractivity contribution in [3.05, 3.63) is 29.3 Å². The summed E-state index contributed by atoms with van der Waals surface area (Å²) >= 11 is 11.2. The molecule has 0 saturated carbocycles. The lowest BCUT2D eigenvalue weighted by Gasteiger charge is -2.06. The van der Waals surface area contributed by atoms with E-state index >= 15 is 0 Å². The highest BCUT2D eigenvalue weighted by Crippen LogP contribution is 2.13. The molecule has 3 nitrogen and oxygen atoms in total. The van der Waals surface area contributed by atoms with Crippen LogP contribution in [0.3, 0.4) is 0 Å². The fraction of sp³-hybridized carbons (Fsp3) is 0.455. The zero-order valence-corrected chi connectivity index (χ0v) is 11.7. The van der Waals surface area contributed by atoms with Gasteiger partial charge in [0.2, 0.25) is 0 Å². The van der Waals surface area contributed by atoms with Crippen LogP contribution in [0.1, 0.15) is 6.42 Å². The van der Waals surface area contributed by atoms with Crippen molar-refractivity contribution in [1.29, 1.82) is 0 Å². The standard InChI is InChI=1S/C11H15Cl2NO2S/c12-6-9-17(15,16)8-1-7-14-11-4-2-10(13)3-5-11/h2-5,14H,1,6-9H2. The number of hydrogen-bond donors (Lipinski definition) is 1. The highest BCUT2D eigenvalue weighted by Gasteiger charge is 2.08. The monoisotopic (exact) mass is 295 g/mol. The summed E-state index contributed by atoms with van der Waals surface area (Å²) in [4.78, 5) is 0. The van der Waals surface area contributed by atoms with Gasteiger partial charge >= 0.3 is 0 Å². The Morgan fingerprint density at radius 3 is 2.35 bits per heavy atom. The van der Waals surface area contributed by atoms with E-state index in [-0.39, 0.29) is 17.4 Å². The Balaban J connectivity index is 2.27. The van der Waals surface area contributed by atoms with Gasteiger partial charge in [0, 0.05) is 23.1 Å². The number of halogens is 2. The Bertz CT molecular complexity index is 431. The second kappa shape index (κ2) is 7.09. The van der Waals surface area contributed by atoms with Crippen LogP contribution < -0.4 is 5.32 Å². The summed E-state index contributed by atoms with van der Waals surface area (Å²) in [6.07, 6.45) is 0.571. The average molecular weight is 296 g/mol. The predicted molar refractivity (Wildman–Crippen MR) is 73.9 cm³/mol. The van der Waals surface area contributed by atoms with Crippen LogP contribution in [-0.4, -0.2) is 32.3 Å². The van der Waals surface area contributed by atoms with Gasteiger partial charge in [-0.05, 0) is 30.7 Å². The van der Waals surface area contributed by atoms with Crippen molar-refractivity contribution < 1.29 is 8.42 Å². The highest BCUT2D eigenvalue weighted by atomic mass is 35.5. The fourth-order valence-corrected chi connectivity index (χ4v) is 3.17. The molecule has 0 aromatic heterocycles. The molecule has 0 aliphatic carbocycles. The topological polar surface area (TPSA) is 46.2 Å². The quantitative estimate of drug-likeness (QED) is 0.621. The number of benzene rings is 1. The molecule has 0 saturated heterocycles. The molecular formula is C11H15Cl2NO2S. The van der Waals surface area contributed by atoms with Gasteiger partial charge in [0.05, 0.1) is 11.5 Å². The first-order chi connectivity index (χ1) is 8.03. The molecule has 6 heteroatoms. The van der Waals surface area contributed by atoms with E-state index in [0.29, 0.717) is 18.0 Å². The molecule has 0 radical (unpaired) electrons. The number of sulfone groups is 1. The summed E-state index contributed by atoms with van der Waals surface area (Å²) < 4.78 is 22.7. The summed E-state index contributed by atoms with van der Waals surface area (Å²) in [5, 5.41) is 3.81. The number of nitrogens with one attached hydrogen (secondary N) is 1. The average Bonchev–Trinajstić information content (AvgIpc) is 2.27. The maximum Gasteiger partial charge on any atom is 0.151 e. The van der Waals surface area contributed by atoms with Crippen LogP contribution in [0, 0.1) is 0 Å². The van der Waals surface area contributed by atoms with E-state index in [4.69, 9.17) is 23.2 Å². The van der Waals surface area contributed by atoms with E-state index in [2.05, 4.69) is 5.32 Å². The molecule has 0 amide bonds. The van der Waals surface area contributed by atoms with E-state index < -0.39 is 9.84 Å². The molecule has 0 aliphatic rings. The lowest BCUT2D eigenvalue weighted by molar-refractivity contribution is 0.595. The van der Waals surface area contributed by atoms with Gasteiger partial charge in [-0.3, -0.25) is 0 Å². The third-order valence-electron chi connectivity index (χ3n) is 2.19. The molecule has 96 valence electrons. The molecule has 1 aromatic rings. The van der Waals surface area contributed by atoms with E-state index in [1.807, 2.05) is 12.1 Å². The molecule has 0 spiro atoms. The molecular weight excluding hydrogens is 281 g/mol. The van der Waals surface area contributed by atoms with Crippen LogP contribution in [0.2, 0.25) is 5.02 Å². The largest absolute Gasteiger partial charge is 0.385 e. The minimum atomic E-state index is -2.99. The summed E-state index contributed by atoms with van der Waals surface area (Å²) in [5.74, 6) is 0.378. The van der Waals surface area contributed by atoms with Gasteiger partial charge in [0.15, 0.2) is 9.84 Å². The van der Waals surface area contributed by atoms with E-state index in [0.717, 1.165) is 5.69 Å². The normalized spacial score (nSPS) is 11.4. The fourth-order valence-electron chi connectivity index (χ4n) is 1.31. The number of rotatable bonds is 7. The van der Waals surface area contributed by atoms with Crippen LogP contribution in [-0.2, 0) is 9.84 Å². The molecule has 0 bridgehead atoms. The van der Waals surface area contributed by atoms with Crippen molar-refractivity contribution in [3.63, 3.8) is 0 Å². The molecule has 0 unspecified atom stereocenters. The maximum atomic E-state index is 11.4. The van der Waals surface area contributed by atoms with Gasteiger partial charge < -0.3 is 5.32 Å². The lowest BCUT2D eigenvalue weighted by Crippen LogP contribution is -2.15. The summed E-state index contributed by atoms with van der Waals surface area (Å²) in [5.41, 5.74) is 0.934. The highest BCUT2D eigenvalue weighted by molar-refractivity contribution is 7.91. The minimum absolute atomic E-state index is 0.0511. The summed E-state index contributed by atoms with van der Waals surface area (Å²) in [6, 6.07) is 7.29. The van der Waals surface area contributed by atoms with Crippen LogP contribution in [0.15, 0.2) is 24.3 Å². The molecule has 0 fully saturated rings. The Labute approximate surface area is 112 Å². The molecule has 1 aromatic carbocycles. The lowest BCUT2D eigenvalue weighted by atomic mass is 10.3. The van der Waals surface area contributed by atoms with Crippen molar-refractivity contribution >= 4 is 38.7 Å². The van der Waals surface area contributed by atoms with E-state index in [9.17, 15) is 8.42 Å². The summed E-state index contributed by atoms with van der Waals surface area (Å²) in [7, 11) is -2.99. The number of anilines is 1. The Morgan fingerprint density at radius 2 is 1.76 bits per heavy atom. The van der Waals surface area contributed by atoms with Crippen LogP contribution >= 0.6 is 23.2 Å². The first-order valence-electron chi connectivity index (χ1n) is 5.29. The number of alkyl halides is 1. The van der Waals surface area contributed by atoms with Crippen molar-refractivity contribution in [3.8, 4) is 0 Å². The predicted octanol–water partition coefficient (Wildman–Crippen LogP) is 2.80. The van der Waals surface area contributed by atoms with Gasteiger partial charge in [0.25, 0.3) is 0 Å². The second-order valence-electron chi connectivity index (χ2n) is 3.63. The van der Waals surface area contributed by atoms with Crippen LogP contribution in [0.4, 0.5) is 5.69 Å². The van der Waals surface area contributed by atoms with E-state index in [1.165, 1.54) is 0 Å². The van der Waals surface area contributed by atoms with Gasteiger partial charge in [-0.15, -0.1) is 11.6 Å². The molecule has 17 heavy (non-hydrogen) atoms. The van der Waals surface area contributed by atoms with Crippen LogP contribution in [0.25, 0.3) is 0 Å². The molecule has 0 aliphatic heterocycles. The van der Waals surface area contributed by atoms with Crippen molar-refractivity contribution in [2.75, 3.05) is 29.2 Å². The van der Waals surface area contributed by atoms with Crippen molar-refractivity contribution in [2.45, 2.75) is 6.42 Å². The zero-order valence-electron chi connectivity index (χ0n) is 9.33. The smallest absolute Gasteiger partial charge is 0.151 e. The van der Waals surface area contributed by atoms with Gasteiger partial charge in [0.1, 0.15) is 0 Å². The first kappa shape index (κ1) is 14.6. The Hall–Kier alpha value is -0.450. The Morgan fingerprint density at radius 1 is 1.12 bits per heavy atom. The van der Waals surface area contributed by atoms with Crippen molar-refractivity contribution in [1.82, 2.24) is 0 Å². The van der Waals surface area contributed by atoms with Crippen LogP contribution in [0.5, 0.6) is 0 Å². The van der Waals surface area contributed by atoms with Gasteiger partial charge in [-0.1, -0.05) is 11.6 Å².